The molecule has 0 saturated heterocycles. The van der Waals surface area contributed by atoms with Gasteiger partial charge < -0.3 is 24.7 Å². The van der Waals surface area contributed by atoms with Crippen molar-refractivity contribution in [3.8, 4) is 0 Å². The number of aryl methyl sites for hydroxylation is 4. The van der Waals surface area contributed by atoms with Gasteiger partial charge in [-0.2, -0.15) is 0 Å². The quantitative estimate of drug-likeness (QED) is 0.221. The second-order valence-electron chi connectivity index (χ2n) is 7.13. The highest BCUT2D eigenvalue weighted by molar-refractivity contribution is 14.0. The Balaban J connectivity index is 0.00000392. The van der Waals surface area contributed by atoms with E-state index in [9.17, 15) is 5.11 Å². The van der Waals surface area contributed by atoms with Crippen molar-refractivity contribution in [2.45, 2.75) is 60.0 Å². The van der Waals surface area contributed by atoms with E-state index in [1.807, 2.05) is 40.7 Å². The molecule has 8 heteroatoms. The minimum absolute atomic E-state index is 0. The molecule has 3 N–H and O–H groups in total. The van der Waals surface area contributed by atoms with E-state index in [1.165, 1.54) is 5.56 Å². The maximum absolute atomic E-state index is 10.8. The number of halogens is 1. The van der Waals surface area contributed by atoms with Gasteiger partial charge in [0.15, 0.2) is 5.96 Å². The summed E-state index contributed by atoms with van der Waals surface area (Å²) in [5, 5.41) is 21.3. The highest BCUT2D eigenvalue weighted by Gasteiger charge is 2.27. The Kier molecular flexibility index (Phi) is 9.49. The van der Waals surface area contributed by atoms with Crippen LogP contribution < -0.4 is 10.6 Å². The monoisotopic (exact) mass is 504 g/mol. The first-order valence-corrected chi connectivity index (χ1v) is 9.48. The molecule has 0 amide bonds. The largest absolute Gasteiger partial charge is 0.466 e. The minimum atomic E-state index is -1.08. The topological polar surface area (TPSA) is 95.8 Å². The summed E-state index contributed by atoms with van der Waals surface area (Å²) < 4.78 is 10.7. The molecule has 2 aromatic heterocycles. The first kappa shape index (κ1) is 24.5. The number of guanidine groups is 1. The Morgan fingerprint density at radius 3 is 2.46 bits per heavy atom. The van der Waals surface area contributed by atoms with Crippen molar-refractivity contribution in [2.24, 2.45) is 4.99 Å². The Morgan fingerprint density at radius 1 is 1.21 bits per heavy atom. The van der Waals surface area contributed by atoms with E-state index in [2.05, 4.69) is 20.8 Å². The average molecular weight is 504 g/mol. The number of aliphatic imine (C=N–C) groups is 1. The van der Waals surface area contributed by atoms with E-state index in [-0.39, 0.29) is 30.5 Å². The molecule has 1 atom stereocenters. The van der Waals surface area contributed by atoms with E-state index in [0.29, 0.717) is 5.96 Å². The van der Waals surface area contributed by atoms with Crippen LogP contribution in [0.2, 0.25) is 0 Å². The molecule has 158 valence electrons. The van der Waals surface area contributed by atoms with Gasteiger partial charge in [0.25, 0.3) is 0 Å². The zero-order valence-corrected chi connectivity index (χ0v) is 20.0. The lowest BCUT2D eigenvalue weighted by molar-refractivity contribution is 0.0657. The van der Waals surface area contributed by atoms with Crippen LogP contribution in [0, 0.1) is 27.7 Å². The number of hydrogen-bond acceptors (Lipinski definition) is 5. The fraction of sp³-hybridized carbons (Fsp3) is 0.600. The van der Waals surface area contributed by atoms with Gasteiger partial charge in [-0.25, -0.2) is 4.99 Å². The second kappa shape index (κ2) is 10.8. The van der Waals surface area contributed by atoms with Crippen molar-refractivity contribution in [3.63, 3.8) is 0 Å². The first-order chi connectivity index (χ1) is 12.7. The van der Waals surface area contributed by atoms with E-state index in [1.54, 1.807) is 6.92 Å². The number of nitrogens with one attached hydrogen (secondary N) is 2. The van der Waals surface area contributed by atoms with Crippen molar-refractivity contribution in [3.05, 3.63) is 40.2 Å². The normalized spacial score (nSPS) is 13.8. The molecule has 0 aliphatic rings. The molecule has 2 heterocycles. The van der Waals surface area contributed by atoms with Crippen LogP contribution in [0.5, 0.6) is 0 Å². The smallest absolute Gasteiger partial charge is 0.191 e. The molecule has 0 aliphatic carbocycles. The molecule has 0 saturated carbocycles. The predicted octanol–water partition coefficient (Wildman–Crippen LogP) is 3.51. The van der Waals surface area contributed by atoms with Gasteiger partial charge in [-0.15, -0.1) is 24.0 Å². The van der Waals surface area contributed by atoms with Gasteiger partial charge in [0, 0.05) is 24.2 Å². The van der Waals surface area contributed by atoms with E-state index < -0.39 is 5.60 Å². The van der Waals surface area contributed by atoms with Crippen molar-refractivity contribution in [1.29, 1.82) is 0 Å². The highest BCUT2D eigenvalue weighted by atomic mass is 127. The first-order valence-electron chi connectivity index (χ1n) is 9.48. The molecule has 0 aliphatic heterocycles. The molecule has 0 spiro atoms. The average Bonchev–Trinajstić information content (AvgIpc) is 3.11. The number of nitrogens with zero attached hydrogens (tertiary/aromatic N) is 2. The van der Waals surface area contributed by atoms with Gasteiger partial charge in [0.05, 0.1) is 12.2 Å². The van der Waals surface area contributed by atoms with E-state index in [0.717, 1.165) is 54.5 Å². The molecular weight excluding hydrogens is 471 g/mol. The summed E-state index contributed by atoms with van der Waals surface area (Å²) in [4.78, 5) is 4.55. The summed E-state index contributed by atoms with van der Waals surface area (Å²) in [5.41, 5.74) is 1.82. The van der Waals surface area contributed by atoms with Crippen LogP contribution >= 0.6 is 24.0 Å². The lowest BCUT2D eigenvalue weighted by Crippen LogP contribution is -2.39. The summed E-state index contributed by atoms with van der Waals surface area (Å²) in [6.45, 7) is 13.2. The zero-order valence-electron chi connectivity index (χ0n) is 17.7. The Labute approximate surface area is 184 Å². The number of hydrogen-bond donors (Lipinski definition) is 3. The zero-order chi connectivity index (χ0) is 20.0. The van der Waals surface area contributed by atoms with Crippen molar-refractivity contribution < 1.29 is 14.0 Å². The Bertz CT molecular complexity index is 761. The molecule has 1 unspecified atom stereocenters. The van der Waals surface area contributed by atoms with Crippen LogP contribution in [0.25, 0.3) is 0 Å². The third kappa shape index (κ3) is 6.51. The SMILES string of the molecule is CCNC(=NCC(C)(O)c1cc(C)oc1C)NCCCc1c(C)noc1C.I. The van der Waals surface area contributed by atoms with Gasteiger partial charge in [-0.3, -0.25) is 0 Å². The fourth-order valence-electron chi connectivity index (χ4n) is 3.16. The number of aromatic nitrogens is 1. The lowest BCUT2D eigenvalue weighted by Gasteiger charge is -2.21. The van der Waals surface area contributed by atoms with Crippen molar-refractivity contribution >= 4 is 29.9 Å². The number of rotatable bonds is 8. The summed E-state index contributed by atoms with van der Waals surface area (Å²) in [7, 11) is 0. The Morgan fingerprint density at radius 2 is 1.93 bits per heavy atom. The fourth-order valence-corrected chi connectivity index (χ4v) is 3.16. The highest BCUT2D eigenvalue weighted by Crippen LogP contribution is 2.27. The minimum Gasteiger partial charge on any atom is -0.466 e. The van der Waals surface area contributed by atoms with Crippen molar-refractivity contribution in [1.82, 2.24) is 15.8 Å². The Hall–Kier alpha value is -1.55. The molecule has 7 nitrogen and oxygen atoms in total. The molecule has 0 fully saturated rings. The van der Waals surface area contributed by atoms with Crippen LogP contribution in [0.3, 0.4) is 0 Å². The van der Waals surface area contributed by atoms with Crippen LogP contribution in [0.4, 0.5) is 0 Å². The van der Waals surface area contributed by atoms with Gasteiger partial charge in [0.1, 0.15) is 22.9 Å². The third-order valence-electron chi connectivity index (χ3n) is 4.59. The van der Waals surface area contributed by atoms with Gasteiger partial charge in [0.2, 0.25) is 0 Å². The summed E-state index contributed by atoms with van der Waals surface area (Å²) in [5.74, 6) is 3.09. The maximum Gasteiger partial charge on any atom is 0.191 e. The maximum atomic E-state index is 10.8. The summed E-state index contributed by atoms with van der Waals surface area (Å²) >= 11 is 0. The number of aliphatic hydroxyl groups is 1. The summed E-state index contributed by atoms with van der Waals surface area (Å²) in [6.07, 6.45) is 1.84. The summed E-state index contributed by atoms with van der Waals surface area (Å²) in [6, 6.07) is 1.87. The standard InChI is InChI=1S/C20H32N4O3.HI/c1-7-21-19(22-10-8-9-17-14(3)24-27-15(17)4)23-12-20(6,25)18-11-13(2)26-16(18)5;/h11,25H,7-10,12H2,1-6H3,(H2,21,22,23);1H. The molecule has 0 bridgehead atoms. The van der Waals surface area contributed by atoms with Gasteiger partial charge >= 0.3 is 0 Å². The van der Waals surface area contributed by atoms with Crippen LogP contribution in [-0.4, -0.2) is 35.9 Å². The molecule has 2 aromatic rings. The van der Waals surface area contributed by atoms with Gasteiger partial charge in [-0.1, -0.05) is 5.16 Å². The van der Waals surface area contributed by atoms with E-state index >= 15 is 0 Å². The van der Waals surface area contributed by atoms with E-state index in [4.69, 9.17) is 8.94 Å². The molecule has 2 rings (SSSR count). The third-order valence-corrected chi connectivity index (χ3v) is 4.59. The van der Waals surface area contributed by atoms with Crippen LogP contribution in [0.15, 0.2) is 20.0 Å². The van der Waals surface area contributed by atoms with Gasteiger partial charge in [-0.05, 0) is 60.5 Å². The molecular formula is C20H33IN4O3. The van der Waals surface area contributed by atoms with Crippen molar-refractivity contribution in [2.75, 3.05) is 19.6 Å². The lowest BCUT2D eigenvalue weighted by atomic mass is 9.96. The number of furan rings is 1. The molecule has 0 aromatic carbocycles. The van der Waals surface area contributed by atoms with Crippen LogP contribution in [-0.2, 0) is 12.0 Å². The molecule has 0 radical (unpaired) electrons. The molecule has 28 heavy (non-hydrogen) atoms. The van der Waals surface area contributed by atoms with Crippen LogP contribution in [0.1, 0.15) is 54.4 Å². The second-order valence-corrected chi connectivity index (χ2v) is 7.13. The predicted molar refractivity (Wildman–Crippen MR) is 121 cm³/mol.